The molecular weight excluding hydrogens is 597 g/mol. The Bertz CT molecular complexity index is 1510. The van der Waals surface area contributed by atoms with E-state index in [4.69, 9.17) is 0 Å². The average Bonchev–Trinajstić information content (AvgIpc) is 3.53. The monoisotopic (exact) mass is 636 g/mol. The number of anilines is 1. The van der Waals surface area contributed by atoms with Crippen LogP contribution in [0.5, 0.6) is 5.75 Å². The molecule has 1 fully saturated rings. The van der Waals surface area contributed by atoms with Crippen LogP contribution in [0, 0.1) is 13.8 Å². The first kappa shape index (κ1) is 32.5. The Morgan fingerprint density at radius 3 is 2.31 bits per heavy atom. The second-order valence-corrected chi connectivity index (χ2v) is 12.5. The van der Waals surface area contributed by atoms with E-state index in [-0.39, 0.29) is 17.7 Å². The van der Waals surface area contributed by atoms with Crippen molar-refractivity contribution in [3.8, 4) is 16.9 Å². The minimum absolute atomic E-state index is 0.0482. The number of hydrogen-bond donors (Lipinski definition) is 1. The van der Waals surface area contributed by atoms with Crippen LogP contribution in [0.2, 0.25) is 0 Å². The lowest BCUT2D eigenvalue weighted by molar-refractivity contribution is -0.274. The van der Waals surface area contributed by atoms with E-state index < -0.39 is 6.36 Å². The molecule has 0 spiro atoms. The summed E-state index contributed by atoms with van der Waals surface area (Å²) in [7, 11) is 0. The van der Waals surface area contributed by atoms with Gasteiger partial charge < -0.3 is 19.9 Å². The van der Waals surface area contributed by atoms with E-state index in [1.807, 2.05) is 31.4 Å². The van der Waals surface area contributed by atoms with E-state index in [2.05, 4.69) is 55.3 Å². The molecule has 2 aromatic carbocycles. The number of carbonyl (C=O) groups excluding carboxylic acids is 1. The van der Waals surface area contributed by atoms with Crippen molar-refractivity contribution in [3.63, 3.8) is 0 Å². The van der Waals surface area contributed by atoms with Crippen LogP contribution in [0.3, 0.4) is 0 Å². The molecule has 1 amide bonds. The Labute approximate surface area is 266 Å². The summed E-state index contributed by atoms with van der Waals surface area (Å²) in [5.41, 5.74) is 6.83. The number of piperidine rings is 1. The molecular formula is C35H39F3N4O2S. The summed E-state index contributed by atoms with van der Waals surface area (Å²) in [6.45, 7) is 9.25. The maximum atomic E-state index is 13.2. The molecule has 1 N–H and O–H groups in total. The van der Waals surface area contributed by atoms with Gasteiger partial charge in [-0.2, -0.15) is 11.3 Å². The zero-order valence-electron chi connectivity index (χ0n) is 25.8. The molecule has 1 aliphatic rings. The molecule has 238 valence electrons. The summed E-state index contributed by atoms with van der Waals surface area (Å²) in [4.78, 5) is 22.0. The number of halogens is 3. The number of pyridine rings is 1. The topological polar surface area (TPSA) is 57.7 Å². The van der Waals surface area contributed by atoms with E-state index >= 15 is 0 Å². The predicted molar refractivity (Wildman–Crippen MR) is 174 cm³/mol. The molecule has 0 saturated carbocycles. The van der Waals surface area contributed by atoms with Crippen LogP contribution in [-0.2, 0) is 6.54 Å². The third-order valence-electron chi connectivity index (χ3n) is 8.52. The average molecular weight is 637 g/mol. The van der Waals surface area contributed by atoms with Gasteiger partial charge in [0, 0.05) is 61.9 Å². The number of ether oxygens (including phenoxy) is 1. The zero-order valence-corrected chi connectivity index (χ0v) is 26.6. The highest BCUT2D eigenvalue weighted by Crippen LogP contribution is 2.31. The van der Waals surface area contributed by atoms with E-state index in [9.17, 15) is 18.0 Å². The van der Waals surface area contributed by atoms with Crippen molar-refractivity contribution in [3.05, 3.63) is 100 Å². The second-order valence-electron chi connectivity index (χ2n) is 11.7. The van der Waals surface area contributed by atoms with Gasteiger partial charge in [0.25, 0.3) is 5.91 Å². The van der Waals surface area contributed by atoms with Gasteiger partial charge in [-0.3, -0.25) is 9.78 Å². The Morgan fingerprint density at radius 2 is 1.71 bits per heavy atom. The van der Waals surface area contributed by atoms with Crippen molar-refractivity contribution in [1.82, 2.24) is 15.2 Å². The number of nitrogens with zero attached hydrogens (tertiary/aromatic N) is 3. The van der Waals surface area contributed by atoms with Crippen LogP contribution in [0.4, 0.5) is 18.9 Å². The summed E-state index contributed by atoms with van der Waals surface area (Å²) in [5.74, 6) is -0.266. The Balaban J connectivity index is 1.15. The Kier molecular flexibility index (Phi) is 10.5. The van der Waals surface area contributed by atoms with Crippen molar-refractivity contribution >= 4 is 22.9 Å². The van der Waals surface area contributed by atoms with Crippen molar-refractivity contribution in [2.24, 2.45) is 0 Å². The number of hydrogen-bond acceptors (Lipinski definition) is 6. The third-order valence-corrected chi connectivity index (χ3v) is 9.25. The summed E-state index contributed by atoms with van der Waals surface area (Å²) >= 11 is 1.63. The largest absolute Gasteiger partial charge is 0.573 e. The first-order valence-corrected chi connectivity index (χ1v) is 16.2. The van der Waals surface area contributed by atoms with E-state index in [1.165, 1.54) is 17.7 Å². The highest BCUT2D eigenvalue weighted by atomic mass is 32.1. The van der Waals surface area contributed by atoms with Gasteiger partial charge in [0.05, 0.1) is 0 Å². The molecule has 6 nitrogen and oxygen atoms in total. The maximum absolute atomic E-state index is 13.2. The summed E-state index contributed by atoms with van der Waals surface area (Å²) in [5, 5.41) is 7.29. The minimum atomic E-state index is -4.71. The normalized spacial score (nSPS) is 15.1. The Hall–Kier alpha value is -3.89. The lowest BCUT2D eigenvalue weighted by Crippen LogP contribution is -2.48. The standard InChI is InChI=1S/C35H39F3N4O2S/c1-24-20-29(28-9-14-39-15-10-28)21-25(2)33(24)34(43)40-16-8-26(3)41-17-11-31(12-18-41)42(22-27-13-19-45-23-27)30-4-6-32(7-5-30)44-35(36,37)38/h4-7,9-10,13-15,19-21,23,26,31H,8,11-12,16-18,22H2,1-3H3,(H,40,43). The first-order valence-electron chi connectivity index (χ1n) is 15.2. The molecule has 3 heterocycles. The van der Waals surface area contributed by atoms with Gasteiger partial charge in [-0.1, -0.05) is 12.1 Å². The number of carbonyl (C=O) groups is 1. The van der Waals surface area contributed by atoms with Crippen LogP contribution < -0.4 is 15.0 Å². The van der Waals surface area contributed by atoms with Crippen LogP contribution in [0.1, 0.15) is 53.2 Å². The highest BCUT2D eigenvalue weighted by Gasteiger charge is 2.31. The molecule has 1 unspecified atom stereocenters. The number of aryl methyl sites for hydroxylation is 2. The lowest BCUT2D eigenvalue weighted by Gasteiger charge is -2.42. The number of amides is 1. The molecule has 1 aliphatic heterocycles. The lowest BCUT2D eigenvalue weighted by atomic mass is 9.95. The molecule has 0 radical (unpaired) electrons. The number of thiophene rings is 1. The number of benzene rings is 2. The molecule has 45 heavy (non-hydrogen) atoms. The van der Waals surface area contributed by atoms with Crippen LogP contribution in [-0.4, -0.2) is 53.9 Å². The van der Waals surface area contributed by atoms with Gasteiger partial charge in [0.1, 0.15) is 5.75 Å². The SMILES string of the molecule is Cc1cc(-c2ccncc2)cc(C)c1C(=O)NCCC(C)N1CCC(N(Cc2ccsc2)c2ccc(OC(F)(F)F)cc2)CC1. The highest BCUT2D eigenvalue weighted by molar-refractivity contribution is 7.07. The molecule has 0 aliphatic carbocycles. The second kappa shape index (κ2) is 14.5. The van der Waals surface area contributed by atoms with Crippen molar-refractivity contribution < 1.29 is 22.7 Å². The molecule has 2 aromatic heterocycles. The summed E-state index contributed by atoms with van der Waals surface area (Å²) in [6.07, 6.45) is 1.53. The van der Waals surface area contributed by atoms with Crippen molar-refractivity contribution in [2.45, 2.75) is 65.0 Å². The fraction of sp³-hybridized carbons (Fsp3) is 0.371. The Morgan fingerprint density at radius 1 is 1.04 bits per heavy atom. The first-order chi connectivity index (χ1) is 21.6. The molecule has 1 atom stereocenters. The van der Waals surface area contributed by atoms with Crippen LogP contribution in [0.15, 0.2) is 77.8 Å². The molecule has 0 bridgehead atoms. The number of alkyl halides is 3. The van der Waals surface area contributed by atoms with E-state index in [1.54, 1.807) is 35.9 Å². The molecule has 10 heteroatoms. The van der Waals surface area contributed by atoms with Gasteiger partial charge in [-0.15, -0.1) is 13.2 Å². The summed E-state index contributed by atoms with van der Waals surface area (Å²) < 4.78 is 42.1. The zero-order chi connectivity index (χ0) is 32.0. The van der Waals surface area contributed by atoms with E-state index in [0.29, 0.717) is 19.1 Å². The fourth-order valence-electron chi connectivity index (χ4n) is 6.19. The van der Waals surface area contributed by atoms with Crippen molar-refractivity contribution in [1.29, 1.82) is 0 Å². The van der Waals surface area contributed by atoms with Gasteiger partial charge in [-0.25, -0.2) is 0 Å². The fourth-order valence-corrected chi connectivity index (χ4v) is 6.85. The number of nitrogens with one attached hydrogen (secondary N) is 1. The van der Waals surface area contributed by atoms with Gasteiger partial charge in [0.15, 0.2) is 0 Å². The smallest absolute Gasteiger partial charge is 0.406 e. The van der Waals surface area contributed by atoms with Gasteiger partial charge in [0.2, 0.25) is 0 Å². The van der Waals surface area contributed by atoms with E-state index in [0.717, 1.165) is 65.9 Å². The molecule has 1 saturated heterocycles. The third kappa shape index (κ3) is 8.64. The molecule has 5 rings (SSSR count). The van der Waals surface area contributed by atoms with Gasteiger partial charge >= 0.3 is 6.36 Å². The maximum Gasteiger partial charge on any atom is 0.573 e. The van der Waals surface area contributed by atoms with Crippen molar-refractivity contribution in [2.75, 3.05) is 24.5 Å². The number of likely N-dealkylation sites (tertiary alicyclic amines) is 1. The molecule has 4 aromatic rings. The quantitative estimate of drug-likeness (QED) is 0.181. The van der Waals surface area contributed by atoms with Crippen LogP contribution >= 0.6 is 11.3 Å². The van der Waals surface area contributed by atoms with Gasteiger partial charge in [-0.05, 0) is 121 Å². The minimum Gasteiger partial charge on any atom is -0.406 e. The summed E-state index contributed by atoms with van der Waals surface area (Å²) in [6, 6.07) is 16.9. The predicted octanol–water partition coefficient (Wildman–Crippen LogP) is 8.01. The van der Waals surface area contributed by atoms with Crippen LogP contribution in [0.25, 0.3) is 11.1 Å². The number of aromatic nitrogens is 1. The number of rotatable bonds is 11.